The van der Waals surface area contributed by atoms with E-state index in [1.807, 2.05) is 35.9 Å². The topological polar surface area (TPSA) is 38.0 Å². The maximum atomic E-state index is 9.36. The molecular weight excluding hydrogens is 212 g/mol. The molecule has 90 valence electrons. The van der Waals surface area contributed by atoms with E-state index >= 15 is 0 Å². The van der Waals surface area contributed by atoms with Crippen molar-refractivity contribution in [2.45, 2.75) is 33.8 Å². The van der Waals surface area contributed by atoms with Crippen LogP contribution in [0.1, 0.15) is 29.4 Å². The zero-order valence-electron chi connectivity index (χ0n) is 10.6. The van der Waals surface area contributed by atoms with Crippen molar-refractivity contribution in [1.29, 1.82) is 0 Å². The molecule has 2 rings (SSSR count). The molecule has 0 atom stereocenters. The summed E-state index contributed by atoms with van der Waals surface area (Å²) in [7, 11) is 0. The number of aryl methyl sites for hydroxylation is 1. The van der Waals surface area contributed by atoms with Gasteiger partial charge in [-0.15, -0.1) is 0 Å². The van der Waals surface area contributed by atoms with Crippen LogP contribution in [0.15, 0.2) is 24.3 Å². The maximum Gasteiger partial charge on any atom is 0.0703 e. The molecule has 0 fully saturated rings. The number of hydrogen-bond donors (Lipinski definition) is 1. The highest BCUT2D eigenvalue weighted by Gasteiger charge is 2.12. The molecule has 0 saturated heterocycles. The van der Waals surface area contributed by atoms with Crippen LogP contribution in [0, 0.1) is 13.8 Å². The van der Waals surface area contributed by atoms with Gasteiger partial charge in [-0.1, -0.05) is 25.1 Å². The highest BCUT2D eigenvalue weighted by atomic mass is 16.3. The molecule has 0 aliphatic carbocycles. The smallest absolute Gasteiger partial charge is 0.0703 e. The van der Waals surface area contributed by atoms with E-state index in [2.05, 4.69) is 18.9 Å². The lowest BCUT2D eigenvalue weighted by molar-refractivity contribution is 0.281. The Hall–Kier alpha value is -1.61. The van der Waals surface area contributed by atoms with Crippen molar-refractivity contribution >= 4 is 0 Å². The van der Waals surface area contributed by atoms with Crippen LogP contribution in [0.3, 0.4) is 0 Å². The van der Waals surface area contributed by atoms with Gasteiger partial charge in [0.25, 0.3) is 0 Å². The first-order valence-electron chi connectivity index (χ1n) is 5.93. The normalized spacial score (nSPS) is 10.8. The van der Waals surface area contributed by atoms with Gasteiger partial charge in [0.15, 0.2) is 0 Å². The van der Waals surface area contributed by atoms with Gasteiger partial charge in [-0.2, -0.15) is 5.10 Å². The number of rotatable bonds is 3. The van der Waals surface area contributed by atoms with Crippen LogP contribution >= 0.6 is 0 Å². The van der Waals surface area contributed by atoms with Gasteiger partial charge in [-0.3, -0.25) is 0 Å². The number of aliphatic hydroxyl groups excluding tert-OH is 1. The average molecular weight is 230 g/mol. The van der Waals surface area contributed by atoms with Crippen LogP contribution in [0.2, 0.25) is 0 Å². The van der Waals surface area contributed by atoms with E-state index in [0.717, 1.165) is 29.1 Å². The minimum atomic E-state index is 0.0377. The number of aliphatic hydroxyl groups is 1. The van der Waals surface area contributed by atoms with Crippen molar-refractivity contribution in [1.82, 2.24) is 9.78 Å². The molecule has 3 nitrogen and oxygen atoms in total. The summed E-state index contributed by atoms with van der Waals surface area (Å²) >= 11 is 0. The van der Waals surface area contributed by atoms with Gasteiger partial charge in [0.2, 0.25) is 0 Å². The first-order valence-corrected chi connectivity index (χ1v) is 5.93. The summed E-state index contributed by atoms with van der Waals surface area (Å²) in [5.41, 5.74) is 5.39. The minimum Gasteiger partial charge on any atom is -0.392 e. The summed E-state index contributed by atoms with van der Waals surface area (Å²) in [6.45, 7) is 6.28. The van der Waals surface area contributed by atoms with Crippen molar-refractivity contribution in [3.63, 3.8) is 0 Å². The molecule has 0 amide bonds. The van der Waals surface area contributed by atoms with E-state index in [0.29, 0.717) is 0 Å². The molecule has 17 heavy (non-hydrogen) atoms. The van der Waals surface area contributed by atoms with Crippen molar-refractivity contribution in [3.05, 3.63) is 46.8 Å². The summed E-state index contributed by atoms with van der Waals surface area (Å²) in [5, 5.41) is 13.9. The fraction of sp³-hybridized carbons (Fsp3) is 0.357. The van der Waals surface area contributed by atoms with E-state index < -0.39 is 0 Å². The predicted octanol–water partition coefficient (Wildman–Crippen LogP) is 2.54. The number of nitrogens with zero attached hydrogens (tertiary/aromatic N) is 2. The Morgan fingerprint density at radius 3 is 2.53 bits per heavy atom. The van der Waals surface area contributed by atoms with Crippen LogP contribution in [-0.2, 0) is 13.0 Å². The summed E-state index contributed by atoms with van der Waals surface area (Å²) in [4.78, 5) is 0. The highest BCUT2D eigenvalue weighted by molar-refractivity contribution is 5.43. The predicted molar refractivity (Wildman–Crippen MR) is 68.3 cm³/mol. The largest absolute Gasteiger partial charge is 0.392 e. The zero-order valence-corrected chi connectivity index (χ0v) is 10.6. The van der Waals surface area contributed by atoms with Gasteiger partial charge in [0.1, 0.15) is 0 Å². The van der Waals surface area contributed by atoms with Crippen LogP contribution in [-0.4, -0.2) is 14.9 Å². The van der Waals surface area contributed by atoms with Gasteiger partial charge < -0.3 is 5.11 Å². The van der Waals surface area contributed by atoms with E-state index in [1.165, 1.54) is 5.56 Å². The zero-order chi connectivity index (χ0) is 12.4. The Labute approximate surface area is 102 Å². The quantitative estimate of drug-likeness (QED) is 0.880. The van der Waals surface area contributed by atoms with Gasteiger partial charge in [0.05, 0.1) is 18.0 Å². The molecule has 0 aliphatic heterocycles. The first-order chi connectivity index (χ1) is 8.19. The van der Waals surface area contributed by atoms with Gasteiger partial charge >= 0.3 is 0 Å². The van der Waals surface area contributed by atoms with Crippen LogP contribution in [0.4, 0.5) is 0 Å². The Morgan fingerprint density at radius 1 is 1.24 bits per heavy atom. The molecule has 0 saturated carbocycles. The van der Waals surface area contributed by atoms with E-state index in [4.69, 9.17) is 0 Å². The van der Waals surface area contributed by atoms with E-state index in [1.54, 1.807) is 0 Å². The number of benzene rings is 1. The Bertz CT molecular complexity index is 529. The average Bonchev–Trinajstić information content (AvgIpc) is 2.64. The lowest BCUT2D eigenvalue weighted by atomic mass is 10.1. The molecular formula is C14H18N2O. The molecule has 0 aliphatic rings. The SMILES string of the molecule is CCc1c(C)nn(-c2ccccc2CO)c1C. The number of para-hydroxylation sites is 1. The molecule has 1 heterocycles. The van der Waals surface area contributed by atoms with Crippen molar-refractivity contribution in [3.8, 4) is 5.69 Å². The van der Waals surface area contributed by atoms with Gasteiger partial charge in [-0.05, 0) is 31.9 Å². The molecule has 0 radical (unpaired) electrons. The lowest BCUT2D eigenvalue weighted by Gasteiger charge is -2.09. The summed E-state index contributed by atoms with van der Waals surface area (Å²) in [6, 6.07) is 7.82. The summed E-state index contributed by atoms with van der Waals surface area (Å²) < 4.78 is 1.93. The van der Waals surface area contributed by atoms with E-state index in [9.17, 15) is 5.11 Å². The van der Waals surface area contributed by atoms with Crippen molar-refractivity contribution < 1.29 is 5.11 Å². The van der Waals surface area contributed by atoms with Crippen LogP contribution in [0.25, 0.3) is 5.69 Å². The number of aromatic nitrogens is 2. The molecule has 1 aromatic carbocycles. The second-order valence-electron chi connectivity index (χ2n) is 4.20. The van der Waals surface area contributed by atoms with Gasteiger partial charge in [0, 0.05) is 11.3 Å². The standard InChI is InChI=1S/C14H18N2O/c1-4-13-10(2)15-16(11(13)3)14-8-6-5-7-12(14)9-17/h5-8,17H,4,9H2,1-3H3. The maximum absolute atomic E-state index is 9.36. The Balaban J connectivity index is 2.61. The second-order valence-corrected chi connectivity index (χ2v) is 4.20. The summed E-state index contributed by atoms with van der Waals surface area (Å²) in [5.74, 6) is 0. The molecule has 0 bridgehead atoms. The second kappa shape index (κ2) is 4.72. The van der Waals surface area contributed by atoms with Crippen molar-refractivity contribution in [2.75, 3.05) is 0 Å². The minimum absolute atomic E-state index is 0.0377. The Kier molecular flexibility index (Phi) is 3.29. The van der Waals surface area contributed by atoms with Crippen LogP contribution < -0.4 is 0 Å². The Morgan fingerprint density at radius 2 is 1.94 bits per heavy atom. The lowest BCUT2D eigenvalue weighted by Crippen LogP contribution is -2.03. The van der Waals surface area contributed by atoms with Crippen molar-refractivity contribution in [2.24, 2.45) is 0 Å². The third kappa shape index (κ3) is 1.98. The fourth-order valence-corrected chi connectivity index (χ4v) is 2.27. The molecule has 0 unspecified atom stereocenters. The fourth-order valence-electron chi connectivity index (χ4n) is 2.27. The molecule has 0 spiro atoms. The molecule has 1 N–H and O–H groups in total. The molecule has 1 aromatic heterocycles. The number of hydrogen-bond acceptors (Lipinski definition) is 2. The van der Waals surface area contributed by atoms with Crippen LogP contribution in [0.5, 0.6) is 0 Å². The first kappa shape index (κ1) is 11.9. The monoisotopic (exact) mass is 230 g/mol. The highest BCUT2D eigenvalue weighted by Crippen LogP contribution is 2.20. The molecule has 2 aromatic rings. The third-order valence-electron chi connectivity index (χ3n) is 3.18. The third-order valence-corrected chi connectivity index (χ3v) is 3.18. The van der Waals surface area contributed by atoms with E-state index in [-0.39, 0.29) is 6.61 Å². The summed E-state index contributed by atoms with van der Waals surface area (Å²) in [6.07, 6.45) is 0.985. The molecule has 3 heteroatoms. The van der Waals surface area contributed by atoms with Gasteiger partial charge in [-0.25, -0.2) is 4.68 Å².